The number of fused-ring (bicyclic) bond motifs is 3. The quantitative estimate of drug-likeness (QED) is 0.563. The van der Waals surface area contributed by atoms with Gasteiger partial charge in [0.2, 0.25) is 0 Å². The molecule has 3 N–H and O–H groups in total. The molecule has 6 heteroatoms. The molecule has 3 aromatic heterocycles. The molecule has 0 saturated heterocycles. The van der Waals surface area contributed by atoms with Gasteiger partial charge in [-0.3, -0.25) is 0 Å². The van der Waals surface area contributed by atoms with Gasteiger partial charge in [0.25, 0.3) is 0 Å². The third kappa shape index (κ3) is 1.88. The van der Waals surface area contributed by atoms with Crippen molar-refractivity contribution in [2.45, 2.75) is 0 Å². The Kier molecular flexibility index (Phi) is 2.59. The van der Waals surface area contributed by atoms with Crippen LogP contribution >= 0.6 is 0 Å². The van der Waals surface area contributed by atoms with E-state index in [1.165, 1.54) is 12.1 Å². The number of hydrogen-bond acceptors (Lipinski definition) is 3. The third-order valence-electron chi connectivity index (χ3n) is 3.60. The second kappa shape index (κ2) is 4.49. The Labute approximate surface area is 123 Å². The van der Waals surface area contributed by atoms with Crippen LogP contribution in [0.4, 0.5) is 14.6 Å². The van der Waals surface area contributed by atoms with Crippen molar-refractivity contribution < 1.29 is 8.78 Å². The Morgan fingerprint density at radius 1 is 0.955 bits per heavy atom. The Bertz CT molecular complexity index is 1020. The Morgan fingerprint density at radius 3 is 2.64 bits per heavy atom. The van der Waals surface area contributed by atoms with Crippen molar-refractivity contribution in [2.24, 2.45) is 0 Å². The van der Waals surface area contributed by atoms with Gasteiger partial charge < -0.3 is 10.7 Å². The number of H-pyrrole nitrogens is 1. The van der Waals surface area contributed by atoms with Crippen molar-refractivity contribution >= 4 is 27.8 Å². The van der Waals surface area contributed by atoms with Gasteiger partial charge in [0.15, 0.2) is 0 Å². The largest absolute Gasteiger partial charge is 0.384 e. The molecule has 0 fully saturated rings. The summed E-state index contributed by atoms with van der Waals surface area (Å²) in [7, 11) is 0. The van der Waals surface area contributed by atoms with E-state index in [2.05, 4.69) is 15.0 Å². The Hall–Kier alpha value is -3.02. The van der Waals surface area contributed by atoms with E-state index in [1.54, 1.807) is 24.5 Å². The lowest BCUT2D eigenvalue weighted by molar-refractivity contribution is 0.585. The van der Waals surface area contributed by atoms with E-state index in [1.807, 2.05) is 0 Å². The molecule has 3 heterocycles. The number of nitrogens with zero attached hydrogens (tertiary/aromatic N) is 2. The number of aromatic nitrogens is 3. The molecule has 108 valence electrons. The zero-order chi connectivity index (χ0) is 15.3. The molecule has 4 aromatic rings. The van der Waals surface area contributed by atoms with E-state index in [0.717, 1.165) is 22.4 Å². The van der Waals surface area contributed by atoms with Crippen molar-refractivity contribution in [3.63, 3.8) is 0 Å². The molecular weight excluding hydrogens is 286 g/mol. The van der Waals surface area contributed by atoms with Crippen LogP contribution in [0.5, 0.6) is 0 Å². The van der Waals surface area contributed by atoms with Crippen LogP contribution in [0, 0.1) is 11.6 Å². The van der Waals surface area contributed by atoms with Crippen LogP contribution < -0.4 is 5.73 Å². The number of rotatable bonds is 1. The zero-order valence-electron chi connectivity index (χ0n) is 11.3. The van der Waals surface area contributed by atoms with Crippen molar-refractivity contribution in [3.8, 4) is 11.1 Å². The molecular formula is C16H10F2N4. The fraction of sp³-hybridized carbons (Fsp3) is 0. The van der Waals surface area contributed by atoms with Gasteiger partial charge in [-0.1, -0.05) is 0 Å². The van der Waals surface area contributed by atoms with Crippen LogP contribution in [0.3, 0.4) is 0 Å². The minimum absolute atomic E-state index is 0.298. The molecule has 4 nitrogen and oxygen atoms in total. The maximum absolute atomic E-state index is 13.9. The van der Waals surface area contributed by atoms with Crippen molar-refractivity contribution in [3.05, 3.63) is 54.4 Å². The normalized spacial score (nSPS) is 11.4. The molecule has 1 aromatic carbocycles. The van der Waals surface area contributed by atoms with E-state index < -0.39 is 11.6 Å². The summed E-state index contributed by atoms with van der Waals surface area (Å²) in [5.74, 6) is -0.838. The predicted octanol–water partition coefficient (Wildman–Crippen LogP) is 3.64. The predicted molar refractivity (Wildman–Crippen MR) is 81.2 cm³/mol. The molecule has 0 aliphatic heterocycles. The van der Waals surface area contributed by atoms with E-state index in [9.17, 15) is 8.78 Å². The monoisotopic (exact) mass is 296 g/mol. The number of nitrogen functional groups attached to an aromatic ring is 1. The highest BCUT2D eigenvalue weighted by atomic mass is 19.1. The number of hydrogen-bond donors (Lipinski definition) is 2. The standard InChI is InChI=1S/C16H10F2N4/c17-9-1-2-10(13(18)4-9)8-3-12-11-5-15(19)20-7-14(11)22-16(12)21-6-8/h1-7H,(H2,19,20)(H,21,22). The maximum atomic E-state index is 13.9. The summed E-state index contributed by atoms with van der Waals surface area (Å²) >= 11 is 0. The van der Waals surface area contributed by atoms with Crippen LogP contribution in [-0.4, -0.2) is 15.0 Å². The van der Waals surface area contributed by atoms with Crippen LogP contribution in [0.15, 0.2) is 42.7 Å². The zero-order valence-corrected chi connectivity index (χ0v) is 11.3. The molecule has 0 saturated carbocycles. The van der Waals surface area contributed by atoms with Gasteiger partial charge in [-0.2, -0.15) is 0 Å². The molecule has 0 atom stereocenters. The second-order valence-corrected chi connectivity index (χ2v) is 5.02. The lowest BCUT2D eigenvalue weighted by Crippen LogP contribution is -1.88. The van der Waals surface area contributed by atoms with Crippen molar-refractivity contribution in [2.75, 3.05) is 5.73 Å². The van der Waals surface area contributed by atoms with E-state index in [0.29, 0.717) is 22.6 Å². The third-order valence-corrected chi connectivity index (χ3v) is 3.60. The average molecular weight is 296 g/mol. The average Bonchev–Trinajstić information content (AvgIpc) is 2.84. The van der Waals surface area contributed by atoms with E-state index in [-0.39, 0.29) is 0 Å². The first-order valence-electron chi connectivity index (χ1n) is 6.60. The lowest BCUT2D eigenvalue weighted by atomic mass is 10.1. The molecule has 0 aliphatic carbocycles. The molecule has 0 spiro atoms. The highest BCUT2D eigenvalue weighted by molar-refractivity contribution is 6.07. The topological polar surface area (TPSA) is 67.6 Å². The van der Waals surface area contributed by atoms with Crippen molar-refractivity contribution in [1.29, 1.82) is 0 Å². The van der Waals surface area contributed by atoms with Crippen molar-refractivity contribution in [1.82, 2.24) is 15.0 Å². The number of pyridine rings is 2. The fourth-order valence-electron chi connectivity index (χ4n) is 2.56. The number of nitrogens with one attached hydrogen (secondary N) is 1. The summed E-state index contributed by atoms with van der Waals surface area (Å²) < 4.78 is 27.0. The smallest absolute Gasteiger partial charge is 0.138 e. The van der Waals surface area contributed by atoms with Crippen LogP contribution in [0.2, 0.25) is 0 Å². The first-order valence-corrected chi connectivity index (χ1v) is 6.60. The lowest BCUT2D eigenvalue weighted by Gasteiger charge is -2.03. The first kappa shape index (κ1) is 12.7. The van der Waals surface area contributed by atoms with E-state index >= 15 is 0 Å². The number of benzene rings is 1. The summed E-state index contributed by atoms with van der Waals surface area (Å²) in [6, 6.07) is 7.02. The number of halogens is 2. The van der Waals surface area contributed by atoms with Crippen LogP contribution in [0.25, 0.3) is 33.1 Å². The second-order valence-electron chi connectivity index (χ2n) is 5.02. The summed E-state index contributed by atoms with van der Waals surface area (Å²) in [5.41, 5.74) is 8.05. The van der Waals surface area contributed by atoms with Crippen LogP contribution in [-0.2, 0) is 0 Å². The van der Waals surface area contributed by atoms with Gasteiger partial charge in [0.1, 0.15) is 23.1 Å². The molecule has 0 unspecified atom stereocenters. The highest BCUT2D eigenvalue weighted by Gasteiger charge is 2.11. The molecule has 0 radical (unpaired) electrons. The summed E-state index contributed by atoms with van der Waals surface area (Å²) in [4.78, 5) is 11.5. The van der Waals surface area contributed by atoms with Gasteiger partial charge in [0.05, 0.1) is 11.7 Å². The molecule has 22 heavy (non-hydrogen) atoms. The molecule has 0 aliphatic rings. The van der Waals surface area contributed by atoms with Gasteiger partial charge in [-0.15, -0.1) is 0 Å². The summed E-state index contributed by atoms with van der Waals surface area (Å²) in [5, 5.41) is 1.67. The number of aromatic amines is 1. The minimum Gasteiger partial charge on any atom is -0.384 e. The van der Waals surface area contributed by atoms with Gasteiger partial charge >= 0.3 is 0 Å². The Balaban J connectivity index is 2.00. The molecule has 4 rings (SSSR count). The molecule has 0 amide bonds. The number of nitrogens with two attached hydrogens (primary N) is 1. The Morgan fingerprint density at radius 2 is 1.82 bits per heavy atom. The highest BCUT2D eigenvalue weighted by Crippen LogP contribution is 2.30. The fourth-order valence-corrected chi connectivity index (χ4v) is 2.56. The van der Waals surface area contributed by atoms with Gasteiger partial charge in [0, 0.05) is 34.2 Å². The maximum Gasteiger partial charge on any atom is 0.138 e. The SMILES string of the molecule is Nc1cc2c(cn1)[nH]c1ncc(-c3ccc(F)cc3F)cc12. The van der Waals surface area contributed by atoms with E-state index in [4.69, 9.17) is 5.73 Å². The van der Waals surface area contributed by atoms with Gasteiger partial charge in [-0.25, -0.2) is 18.7 Å². The first-order chi connectivity index (χ1) is 10.6. The van der Waals surface area contributed by atoms with Gasteiger partial charge in [-0.05, 0) is 24.3 Å². The molecule has 0 bridgehead atoms. The minimum atomic E-state index is -0.623. The van der Waals surface area contributed by atoms with Crippen LogP contribution in [0.1, 0.15) is 0 Å². The summed E-state index contributed by atoms with van der Waals surface area (Å²) in [6.07, 6.45) is 3.18. The summed E-state index contributed by atoms with van der Waals surface area (Å²) in [6.45, 7) is 0. The number of anilines is 1.